The number of aromatic nitrogens is 1. The quantitative estimate of drug-likeness (QED) is 0.702. The lowest BCUT2D eigenvalue weighted by Gasteiger charge is -2.11. The number of nitrogens with zero attached hydrogens (tertiary/aromatic N) is 1. The van der Waals surface area contributed by atoms with Crippen LogP contribution >= 0.6 is 0 Å². The fourth-order valence-electron chi connectivity index (χ4n) is 1.45. The second-order valence-corrected chi connectivity index (χ2v) is 3.63. The number of benzene rings is 1. The van der Waals surface area contributed by atoms with Crippen molar-refractivity contribution in [3.8, 4) is 5.75 Å². The third kappa shape index (κ3) is 2.06. The van der Waals surface area contributed by atoms with Crippen molar-refractivity contribution in [2.24, 2.45) is 0 Å². The summed E-state index contributed by atoms with van der Waals surface area (Å²) in [6, 6.07) is 8.61. The Morgan fingerprint density at radius 2 is 2.00 bits per heavy atom. The van der Waals surface area contributed by atoms with E-state index in [9.17, 15) is 4.39 Å². The van der Waals surface area contributed by atoms with Gasteiger partial charge in [-0.05, 0) is 32.0 Å². The lowest BCUT2D eigenvalue weighted by atomic mass is 10.2. The Bertz CT molecular complexity index is 482. The molecule has 1 aromatic heterocycles. The Balaban J connectivity index is 2.58. The maximum Gasteiger partial charge on any atom is 0.213 e. The summed E-state index contributed by atoms with van der Waals surface area (Å²) in [6.07, 6.45) is 0.0562. The SMILES string of the molecule is CC(C)Oc1cccc2ccc(F)nc12. The molecule has 0 atom stereocenters. The van der Waals surface area contributed by atoms with Crippen molar-refractivity contribution in [1.82, 2.24) is 4.98 Å². The molecule has 0 unspecified atom stereocenters. The van der Waals surface area contributed by atoms with Gasteiger partial charge in [0.15, 0.2) is 0 Å². The molecule has 0 amide bonds. The van der Waals surface area contributed by atoms with E-state index in [4.69, 9.17) is 4.74 Å². The summed E-state index contributed by atoms with van der Waals surface area (Å²) < 4.78 is 18.5. The van der Waals surface area contributed by atoms with Crippen LogP contribution in [0.3, 0.4) is 0 Å². The molecule has 2 nitrogen and oxygen atoms in total. The molecule has 0 saturated heterocycles. The van der Waals surface area contributed by atoms with Crippen LogP contribution < -0.4 is 4.74 Å². The predicted octanol–water partition coefficient (Wildman–Crippen LogP) is 3.16. The van der Waals surface area contributed by atoms with Crippen LogP contribution in [-0.4, -0.2) is 11.1 Å². The summed E-state index contributed by atoms with van der Waals surface area (Å²) in [5.74, 6) is 0.143. The number of para-hydroxylation sites is 1. The normalized spacial score (nSPS) is 10.9. The molecule has 15 heavy (non-hydrogen) atoms. The van der Waals surface area contributed by atoms with Gasteiger partial charge < -0.3 is 4.74 Å². The minimum Gasteiger partial charge on any atom is -0.489 e. The molecule has 0 N–H and O–H groups in total. The summed E-state index contributed by atoms with van der Waals surface area (Å²) in [7, 11) is 0. The van der Waals surface area contributed by atoms with Crippen LogP contribution in [0.4, 0.5) is 4.39 Å². The Labute approximate surface area is 87.7 Å². The predicted molar refractivity (Wildman–Crippen MR) is 57.5 cm³/mol. The van der Waals surface area contributed by atoms with Crippen LogP contribution in [0.1, 0.15) is 13.8 Å². The molecule has 78 valence electrons. The number of halogens is 1. The van der Waals surface area contributed by atoms with Gasteiger partial charge in [-0.25, -0.2) is 4.98 Å². The first-order chi connectivity index (χ1) is 7.16. The van der Waals surface area contributed by atoms with E-state index < -0.39 is 5.95 Å². The minimum absolute atomic E-state index is 0.0562. The highest BCUT2D eigenvalue weighted by molar-refractivity contribution is 5.84. The average molecular weight is 205 g/mol. The van der Waals surface area contributed by atoms with Crippen molar-refractivity contribution < 1.29 is 9.13 Å². The smallest absolute Gasteiger partial charge is 0.213 e. The zero-order valence-corrected chi connectivity index (χ0v) is 8.70. The third-order valence-electron chi connectivity index (χ3n) is 2.01. The van der Waals surface area contributed by atoms with Crippen molar-refractivity contribution >= 4 is 10.9 Å². The van der Waals surface area contributed by atoms with Crippen LogP contribution in [0.25, 0.3) is 10.9 Å². The van der Waals surface area contributed by atoms with E-state index in [1.54, 1.807) is 12.1 Å². The van der Waals surface area contributed by atoms with E-state index >= 15 is 0 Å². The van der Waals surface area contributed by atoms with Gasteiger partial charge in [-0.3, -0.25) is 0 Å². The van der Waals surface area contributed by atoms with E-state index in [1.165, 1.54) is 6.07 Å². The highest BCUT2D eigenvalue weighted by Crippen LogP contribution is 2.24. The minimum atomic E-state index is -0.484. The van der Waals surface area contributed by atoms with E-state index in [0.29, 0.717) is 11.3 Å². The number of rotatable bonds is 2. The zero-order chi connectivity index (χ0) is 10.8. The maximum absolute atomic E-state index is 13.0. The first-order valence-corrected chi connectivity index (χ1v) is 4.89. The highest BCUT2D eigenvalue weighted by atomic mass is 19.1. The molecule has 0 spiro atoms. The van der Waals surface area contributed by atoms with Crippen molar-refractivity contribution in [2.45, 2.75) is 20.0 Å². The maximum atomic E-state index is 13.0. The van der Waals surface area contributed by atoms with Crippen molar-refractivity contribution in [3.63, 3.8) is 0 Å². The molecule has 0 bridgehead atoms. The summed E-state index contributed by atoms with van der Waals surface area (Å²) in [4.78, 5) is 3.84. The van der Waals surface area contributed by atoms with E-state index in [2.05, 4.69) is 4.98 Å². The van der Waals surface area contributed by atoms with Gasteiger partial charge in [-0.1, -0.05) is 12.1 Å². The summed E-state index contributed by atoms with van der Waals surface area (Å²) in [6.45, 7) is 3.86. The third-order valence-corrected chi connectivity index (χ3v) is 2.01. The second kappa shape index (κ2) is 3.85. The molecule has 2 rings (SSSR count). The number of pyridine rings is 1. The topological polar surface area (TPSA) is 22.1 Å². The fraction of sp³-hybridized carbons (Fsp3) is 0.250. The summed E-state index contributed by atoms with van der Waals surface area (Å²) >= 11 is 0. The fourth-order valence-corrected chi connectivity index (χ4v) is 1.45. The van der Waals surface area contributed by atoms with Crippen LogP contribution in [0.5, 0.6) is 5.75 Å². The first-order valence-electron chi connectivity index (χ1n) is 4.89. The molecule has 1 heterocycles. The number of hydrogen-bond donors (Lipinski definition) is 0. The van der Waals surface area contributed by atoms with Gasteiger partial charge >= 0.3 is 0 Å². The van der Waals surface area contributed by atoms with Crippen LogP contribution in [0.2, 0.25) is 0 Å². The van der Waals surface area contributed by atoms with Gasteiger partial charge in [-0.2, -0.15) is 4.39 Å². The molecule has 0 radical (unpaired) electrons. The summed E-state index contributed by atoms with van der Waals surface area (Å²) in [5, 5.41) is 0.884. The Hall–Kier alpha value is -1.64. The van der Waals surface area contributed by atoms with Gasteiger partial charge in [0, 0.05) is 5.39 Å². The Kier molecular flexibility index (Phi) is 2.54. The summed E-state index contributed by atoms with van der Waals surface area (Å²) in [5.41, 5.74) is 0.575. The van der Waals surface area contributed by atoms with E-state index in [-0.39, 0.29) is 6.10 Å². The van der Waals surface area contributed by atoms with Crippen molar-refractivity contribution in [2.75, 3.05) is 0 Å². The van der Waals surface area contributed by atoms with Crippen molar-refractivity contribution in [3.05, 3.63) is 36.3 Å². The van der Waals surface area contributed by atoms with Crippen LogP contribution in [-0.2, 0) is 0 Å². The standard InChI is InChI=1S/C12H12FNO/c1-8(2)15-10-5-3-4-9-6-7-11(13)14-12(9)10/h3-8H,1-2H3. The molecule has 0 fully saturated rings. The Morgan fingerprint density at radius 3 is 2.73 bits per heavy atom. The molecule has 0 aliphatic heterocycles. The number of fused-ring (bicyclic) bond motifs is 1. The van der Waals surface area contributed by atoms with Gasteiger partial charge in [-0.15, -0.1) is 0 Å². The molecule has 3 heteroatoms. The van der Waals surface area contributed by atoms with E-state index in [1.807, 2.05) is 26.0 Å². The second-order valence-electron chi connectivity index (χ2n) is 3.63. The van der Waals surface area contributed by atoms with Gasteiger partial charge in [0.1, 0.15) is 11.3 Å². The van der Waals surface area contributed by atoms with E-state index in [0.717, 1.165) is 5.39 Å². The number of hydrogen-bond acceptors (Lipinski definition) is 2. The molecule has 0 saturated carbocycles. The number of ether oxygens (including phenoxy) is 1. The van der Waals surface area contributed by atoms with Crippen LogP contribution in [0.15, 0.2) is 30.3 Å². The van der Waals surface area contributed by atoms with Gasteiger partial charge in [0.05, 0.1) is 6.10 Å². The van der Waals surface area contributed by atoms with Gasteiger partial charge in [0.25, 0.3) is 0 Å². The Morgan fingerprint density at radius 1 is 1.20 bits per heavy atom. The largest absolute Gasteiger partial charge is 0.489 e. The monoisotopic (exact) mass is 205 g/mol. The lowest BCUT2D eigenvalue weighted by molar-refractivity contribution is 0.245. The highest BCUT2D eigenvalue weighted by Gasteiger charge is 2.05. The molecular formula is C12H12FNO. The molecule has 0 aliphatic rings. The molecular weight excluding hydrogens is 193 g/mol. The van der Waals surface area contributed by atoms with Crippen LogP contribution in [0, 0.1) is 5.95 Å². The molecule has 2 aromatic rings. The zero-order valence-electron chi connectivity index (χ0n) is 8.70. The molecule has 1 aromatic carbocycles. The first kappa shape index (κ1) is 9.90. The average Bonchev–Trinajstić information content (AvgIpc) is 2.18. The van der Waals surface area contributed by atoms with Gasteiger partial charge in [0.2, 0.25) is 5.95 Å². The van der Waals surface area contributed by atoms with Crippen molar-refractivity contribution in [1.29, 1.82) is 0 Å². The lowest BCUT2D eigenvalue weighted by Crippen LogP contribution is -2.06. The molecule has 0 aliphatic carbocycles.